The fourth-order valence-electron chi connectivity index (χ4n) is 3.13. The minimum Gasteiger partial charge on any atom is -0.406 e. The van der Waals surface area contributed by atoms with E-state index < -0.39 is 29.9 Å². The molecule has 0 spiro atoms. The van der Waals surface area contributed by atoms with Gasteiger partial charge in [0.05, 0.1) is 23.9 Å². The smallest absolute Gasteiger partial charge is 0.406 e. The summed E-state index contributed by atoms with van der Waals surface area (Å²) in [6.07, 6.45) is -9.50. The number of rotatable bonds is 8. The summed E-state index contributed by atoms with van der Waals surface area (Å²) in [5.74, 6) is -0.428. The normalized spacial score (nSPS) is 13.0. The Bertz CT molecular complexity index is 1200. The van der Waals surface area contributed by atoms with E-state index in [1.807, 2.05) is 13.8 Å². The molecule has 3 rings (SSSR count). The predicted molar refractivity (Wildman–Crippen MR) is 126 cm³/mol. The molecule has 6 nitrogen and oxygen atoms in total. The number of halogens is 7. The SMILES string of the molecule is CC(C)[C@H](CO)Nc1nc(Nc2ccc(Br)c(C(F)(F)F)c2)cc(-c2cccc(OC(F)(F)F)c2)n1. The highest BCUT2D eigenvalue weighted by Crippen LogP contribution is 2.37. The molecule has 36 heavy (non-hydrogen) atoms. The van der Waals surface area contributed by atoms with Gasteiger partial charge >= 0.3 is 12.5 Å². The summed E-state index contributed by atoms with van der Waals surface area (Å²) >= 11 is 2.88. The lowest BCUT2D eigenvalue weighted by molar-refractivity contribution is -0.274. The van der Waals surface area contributed by atoms with Crippen LogP contribution >= 0.6 is 15.9 Å². The van der Waals surface area contributed by atoms with Gasteiger partial charge in [-0.2, -0.15) is 18.2 Å². The van der Waals surface area contributed by atoms with Crippen LogP contribution in [0.15, 0.2) is 53.0 Å². The number of alkyl halides is 6. The van der Waals surface area contributed by atoms with Crippen molar-refractivity contribution in [3.05, 3.63) is 58.6 Å². The summed E-state index contributed by atoms with van der Waals surface area (Å²) in [7, 11) is 0. The van der Waals surface area contributed by atoms with E-state index in [-0.39, 0.29) is 45.7 Å². The van der Waals surface area contributed by atoms with Crippen molar-refractivity contribution < 1.29 is 36.2 Å². The fourth-order valence-corrected chi connectivity index (χ4v) is 3.60. The van der Waals surface area contributed by atoms with Gasteiger partial charge in [-0.3, -0.25) is 0 Å². The maximum atomic E-state index is 13.3. The third-order valence-electron chi connectivity index (χ3n) is 4.95. The van der Waals surface area contributed by atoms with Crippen LogP contribution in [0.4, 0.5) is 43.8 Å². The molecule has 0 saturated carbocycles. The van der Waals surface area contributed by atoms with Crippen molar-refractivity contribution in [1.82, 2.24) is 9.97 Å². The third kappa shape index (κ3) is 7.47. The minimum absolute atomic E-state index is 0.0121. The highest BCUT2D eigenvalue weighted by Gasteiger charge is 2.33. The highest BCUT2D eigenvalue weighted by atomic mass is 79.9. The van der Waals surface area contributed by atoms with Crippen LogP contribution in [0.5, 0.6) is 5.75 Å². The van der Waals surface area contributed by atoms with Gasteiger partial charge in [-0.15, -0.1) is 13.2 Å². The lowest BCUT2D eigenvalue weighted by Crippen LogP contribution is -2.30. The lowest BCUT2D eigenvalue weighted by Gasteiger charge is -2.21. The largest absolute Gasteiger partial charge is 0.573 e. The molecule has 0 aliphatic carbocycles. The number of aliphatic hydroxyl groups excluding tert-OH is 1. The Morgan fingerprint density at radius 2 is 1.72 bits per heavy atom. The van der Waals surface area contributed by atoms with Crippen molar-refractivity contribution in [3.8, 4) is 17.0 Å². The number of hydrogen-bond acceptors (Lipinski definition) is 6. The summed E-state index contributed by atoms with van der Waals surface area (Å²) < 4.78 is 81.8. The molecule has 2 aromatic carbocycles. The topological polar surface area (TPSA) is 79.3 Å². The molecular weight excluding hydrogens is 558 g/mol. The number of benzene rings is 2. The van der Waals surface area contributed by atoms with Gasteiger partial charge in [0.1, 0.15) is 11.6 Å². The maximum absolute atomic E-state index is 13.3. The zero-order valence-corrected chi connectivity index (χ0v) is 20.5. The third-order valence-corrected chi connectivity index (χ3v) is 5.64. The van der Waals surface area contributed by atoms with Gasteiger partial charge < -0.3 is 20.5 Å². The van der Waals surface area contributed by atoms with E-state index in [9.17, 15) is 31.4 Å². The van der Waals surface area contributed by atoms with Crippen LogP contribution in [0.2, 0.25) is 0 Å². The number of aliphatic hydroxyl groups is 1. The van der Waals surface area contributed by atoms with E-state index in [4.69, 9.17) is 0 Å². The maximum Gasteiger partial charge on any atom is 0.573 e. The molecule has 1 aromatic heterocycles. The monoisotopic (exact) mass is 578 g/mol. The Morgan fingerprint density at radius 1 is 1.00 bits per heavy atom. The van der Waals surface area contributed by atoms with Crippen molar-refractivity contribution in [2.24, 2.45) is 5.92 Å². The molecule has 0 fully saturated rings. The first-order valence-corrected chi connectivity index (χ1v) is 11.3. The van der Waals surface area contributed by atoms with Gasteiger partial charge in [-0.25, -0.2) is 4.98 Å². The molecule has 3 aromatic rings. The van der Waals surface area contributed by atoms with E-state index in [0.29, 0.717) is 0 Å². The summed E-state index contributed by atoms with van der Waals surface area (Å²) in [4.78, 5) is 8.60. The molecule has 0 aliphatic rings. The quantitative estimate of drug-likeness (QED) is 0.250. The summed E-state index contributed by atoms with van der Waals surface area (Å²) in [5.41, 5.74) is -0.437. The first-order chi connectivity index (χ1) is 16.7. The second kappa shape index (κ2) is 10.9. The van der Waals surface area contributed by atoms with E-state index in [2.05, 4.69) is 41.3 Å². The van der Waals surface area contributed by atoms with Crippen molar-refractivity contribution in [1.29, 1.82) is 0 Å². The van der Waals surface area contributed by atoms with Gasteiger partial charge in [0.2, 0.25) is 5.95 Å². The first-order valence-electron chi connectivity index (χ1n) is 10.5. The van der Waals surface area contributed by atoms with E-state index >= 15 is 0 Å². The van der Waals surface area contributed by atoms with Gasteiger partial charge in [-0.05, 0) is 36.2 Å². The Balaban J connectivity index is 2.04. The van der Waals surface area contributed by atoms with Crippen molar-refractivity contribution in [2.45, 2.75) is 32.4 Å². The zero-order chi connectivity index (χ0) is 26.7. The van der Waals surface area contributed by atoms with Crippen LogP contribution < -0.4 is 15.4 Å². The molecule has 0 saturated heterocycles. The molecule has 0 bridgehead atoms. The summed E-state index contributed by atoms with van der Waals surface area (Å²) in [6, 6.07) is 9.51. The number of ether oxygens (including phenoxy) is 1. The van der Waals surface area contributed by atoms with Crippen molar-refractivity contribution in [2.75, 3.05) is 17.2 Å². The number of nitrogens with zero attached hydrogens (tertiary/aromatic N) is 2. The Labute approximate surface area is 210 Å². The number of nitrogens with one attached hydrogen (secondary N) is 2. The predicted octanol–water partition coefficient (Wildman–Crippen LogP) is 7.00. The average molecular weight is 579 g/mol. The van der Waals surface area contributed by atoms with Gasteiger partial charge in [0.25, 0.3) is 0 Å². The van der Waals surface area contributed by atoms with E-state index in [0.717, 1.165) is 18.2 Å². The molecule has 0 amide bonds. The molecule has 0 unspecified atom stereocenters. The van der Waals surface area contributed by atoms with Crippen LogP contribution in [-0.2, 0) is 6.18 Å². The van der Waals surface area contributed by atoms with Crippen LogP contribution in [0, 0.1) is 5.92 Å². The van der Waals surface area contributed by atoms with Crippen LogP contribution in [0.25, 0.3) is 11.3 Å². The van der Waals surface area contributed by atoms with Gasteiger partial charge in [-0.1, -0.05) is 41.9 Å². The minimum atomic E-state index is -4.90. The number of hydrogen-bond donors (Lipinski definition) is 3. The number of anilines is 3. The molecule has 0 aliphatic heterocycles. The molecule has 0 radical (unpaired) electrons. The van der Waals surface area contributed by atoms with E-state index in [1.54, 1.807) is 0 Å². The summed E-state index contributed by atoms with van der Waals surface area (Å²) in [5, 5.41) is 15.4. The zero-order valence-electron chi connectivity index (χ0n) is 18.9. The Morgan fingerprint density at radius 3 is 2.33 bits per heavy atom. The fraction of sp³-hybridized carbons (Fsp3) is 0.304. The van der Waals surface area contributed by atoms with Crippen LogP contribution in [-0.4, -0.2) is 34.1 Å². The van der Waals surface area contributed by atoms with Crippen LogP contribution in [0.3, 0.4) is 0 Å². The van der Waals surface area contributed by atoms with E-state index in [1.165, 1.54) is 30.3 Å². The van der Waals surface area contributed by atoms with Gasteiger partial charge in [0.15, 0.2) is 0 Å². The molecular formula is C23H21BrF6N4O2. The van der Waals surface area contributed by atoms with Gasteiger partial charge in [0, 0.05) is 21.8 Å². The first kappa shape index (κ1) is 27.5. The summed E-state index contributed by atoms with van der Waals surface area (Å²) in [6.45, 7) is 3.43. The molecule has 1 atom stereocenters. The average Bonchev–Trinajstić information content (AvgIpc) is 2.76. The lowest BCUT2D eigenvalue weighted by atomic mass is 10.1. The second-order valence-corrected chi connectivity index (χ2v) is 8.89. The van der Waals surface area contributed by atoms with Crippen molar-refractivity contribution in [3.63, 3.8) is 0 Å². The van der Waals surface area contributed by atoms with Crippen LogP contribution in [0.1, 0.15) is 19.4 Å². The molecule has 194 valence electrons. The Kier molecular flexibility index (Phi) is 8.34. The molecule has 3 N–H and O–H groups in total. The van der Waals surface area contributed by atoms with Crippen molar-refractivity contribution >= 4 is 33.4 Å². The molecule has 1 heterocycles. The number of aromatic nitrogens is 2. The second-order valence-electron chi connectivity index (χ2n) is 8.03. The standard InChI is InChI=1S/C23H21BrF6N4O2/c1-12(2)19(11-35)33-21-32-18(13-4-3-5-15(8-13)36-23(28,29)30)10-20(34-21)31-14-6-7-17(24)16(9-14)22(25,26)27/h3-10,12,19,35H,11H2,1-2H3,(H2,31,32,33,34)/t19-/m0/s1. The molecule has 13 heteroatoms. The highest BCUT2D eigenvalue weighted by molar-refractivity contribution is 9.10. The Hall–Kier alpha value is -3.06.